The molecule has 7 nitrogen and oxygen atoms in total. The number of piperazine rings is 1. The van der Waals surface area contributed by atoms with E-state index in [9.17, 15) is 13.6 Å². The molecule has 2 aliphatic rings. The first-order valence-corrected chi connectivity index (χ1v) is 8.93. The van der Waals surface area contributed by atoms with Gasteiger partial charge < -0.3 is 19.7 Å². The molecule has 0 radical (unpaired) electrons. The highest BCUT2D eigenvalue weighted by Gasteiger charge is 2.43. The molecule has 1 aromatic heterocycles. The topological polar surface area (TPSA) is 66.9 Å². The van der Waals surface area contributed by atoms with Crippen LogP contribution in [0.25, 0.3) is 0 Å². The van der Waals surface area contributed by atoms with Crippen molar-refractivity contribution in [2.24, 2.45) is 0 Å². The van der Waals surface area contributed by atoms with E-state index in [1.165, 1.54) is 18.2 Å². The van der Waals surface area contributed by atoms with Crippen LogP contribution in [0, 0.1) is 0 Å². The molecular weight excluding hydrogens is 366 g/mol. The third-order valence-corrected chi connectivity index (χ3v) is 4.95. The number of anilines is 2. The first-order chi connectivity index (χ1) is 12.5. The maximum atomic E-state index is 13.0. The van der Waals surface area contributed by atoms with Crippen molar-refractivity contribution >= 4 is 28.1 Å². The molecule has 2 aromatic rings. The van der Waals surface area contributed by atoms with Gasteiger partial charge in [0.2, 0.25) is 5.91 Å². The van der Waals surface area contributed by atoms with E-state index in [1.807, 2.05) is 10.3 Å². The van der Waals surface area contributed by atoms with Crippen LogP contribution in [-0.4, -0.2) is 54.8 Å². The van der Waals surface area contributed by atoms with E-state index in [4.69, 9.17) is 0 Å². The second-order valence-corrected chi connectivity index (χ2v) is 6.83. The fourth-order valence-electron chi connectivity index (χ4n) is 2.90. The van der Waals surface area contributed by atoms with Crippen LogP contribution in [0.5, 0.6) is 11.5 Å². The van der Waals surface area contributed by atoms with Crippen LogP contribution in [0.1, 0.15) is 0 Å². The Morgan fingerprint density at radius 1 is 1.23 bits per heavy atom. The molecule has 3 heterocycles. The lowest BCUT2D eigenvalue weighted by molar-refractivity contribution is -0.286. The lowest BCUT2D eigenvalue weighted by atomic mass is 10.2. The number of alkyl halides is 2. The Labute approximate surface area is 152 Å². The summed E-state index contributed by atoms with van der Waals surface area (Å²) in [5.74, 6) is -0.352. The highest BCUT2D eigenvalue weighted by Crippen LogP contribution is 2.42. The summed E-state index contributed by atoms with van der Waals surface area (Å²) in [5.41, 5.74) is 0.386. The smallest absolute Gasteiger partial charge is 0.395 e. The minimum absolute atomic E-state index is 0.0497. The predicted molar refractivity (Wildman–Crippen MR) is 92.0 cm³/mol. The Balaban J connectivity index is 1.29. The molecule has 1 fully saturated rings. The van der Waals surface area contributed by atoms with E-state index in [-0.39, 0.29) is 24.0 Å². The third-order valence-electron chi connectivity index (χ3n) is 4.11. The number of fused-ring (bicyclic) bond motifs is 1. The molecule has 0 saturated carbocycles. The van der Waals surface area contributed by atoms with Gasteiger partial charge in [-0.25, -0.2) is 4.98 Å². The summed E-state index contributed by atoms with van der Waals surface area (Å²) in [6.45, 7) is 3.34. The van der Waals surface area contributed by atoms with E-state index in [0.29, 0.717) is 5.69 Å². The van der Waals surface area contributed by atoms with Crippen molar-refractivity contribution < 1.29 is 23.0 Å². The van der Waals surface area contributed by atoms with Crippen molar-refractivity contribution in [2.45, 2.75) is 6.29 Å². The van der Waals surface area contributed by atoms with E-state index < -0.39 is 6.29 Å². The molecule has 0 spiro atoms. The van der Waals surface area contributed by atoms with Gasteiger partial charge in [0.15, 0.2) is 16.6 Å². The van der Waals surface area contributed by atoms with Gasteiger partial charge >= 0.3 is 6.29 Å². The van der Waals surface area contributed by atoms with Gasteiger partial charge in [0.25, 0.3) is 0 Å². The maximum absolute atomic E-state index is 13.0. The van der Waals surface area contributed by atoms with Crippen molar-refractivity contribution in [1.82, 2.24) is 9.88 Å². The molecule has 1 aromatic carbocycles. The van der Waals surface area contributed by atoms with Gasteiger partial charge in [-0.2, -0.15) is 0 Å². The highest BCUT2D eigenvalue weighted by molar-refractivity contribution is 7.13. The number of benzene rings is 1. The zero-order chi connectivity index (χ0) is 18.1. The predicted octanol–water partition coefficient (Wildman–Crippen LogP) is 2.23. The van der Waals surface area contributed by atoms with Crippen LogP contribution in [0.15, 0.2) is 29.8 Å². The Bertz CT molecular complexity index is 795. The molecule has 10 heteroatoms. The number of nitrogens with zero attached hydrogens (tertiary/aromatic N) is 3. The third kappa shape index (κ3) is 3.70. The average Bonchev–Trinajstić information content (AvgIpc) is 3.21. The Kier molecular flexibility index (Phi) is 4.37. The van der Waals surface area contributed by atoms with Crippen LogP contribution in [-0.2, 0) is 4.79 Å². The number of thiazole rings is 1. The average molecular weight is 382 g/mol. The standard InChI is InChI=1S/C16H16F2N4O3S/c17-16(18)24-12-2-1-11(9-13(12)25-16)20-14(23)10-21-4-6-22(7-5-21)15-19-3-8-26-15/h1-3,8-9H,4-7,10H2,(H,20,23). The molecule has 1 saturated heterocycles. The molecule has 0 atom stereocenters. The molecule has 1 amide bonds. The lowest BCUT2D eigenvalue weighted by Crippen LogP contribution is -2.48. The summed E-state index contributed by atoms with van der Waals surface area (Å²) in [6.07, 6.45) is -1.89. The monoisotopic (exact) mass is 382 g/mol. The highest BCUT2D eigenvalue weighted by atomic mass is 32.1. The van der Waals surface area contributed by atoms with E-state index in [0.717, 1.165) is 31.3 Å². The zero-order valence-electron chi connectivity index (χ0n) is 13.7. The van der Waals surface area contributed by atoms with Gasteiger partial charge in [-0.3, -0.25) is 9.69 Å². The number of hydrogen-bond donors (Lipinski definition) is 1. The normalized spacial score (nSPS) is 18.8. The molecule has 26 heavy (non-hydrogen) atoms. The SMILES string of the molecule is O=C(CN1CCN(c2nccs2)CC1)Nc1ccc2c(c1)OC(F)(F)O2. The minimum Gasteiger partial charge on any atom is -0.395 e. The lowest BCUT2D eigenvalue weighted by Gasteiger charge is -2.34. The molecular formula is C16H16F2N4O3S. The Morgan fingerprint density at radius 2 is 2.00 bits per heavy atom. The van der Waals surface area contributed by atoms with Crippen LogP contribution in [0.4, 0.5) is 19.6 Å². The number of rotatable bonds is 4. The quantitative estimate of drug-likeness (QED) is 0.875. The van der Waals surface area contributed by atoms with E-state index in [2.05, 4.69) is 24.7 Å². The van der Waals surface area contributed by atoms with Gasteiger partial charge in [-0.15, -0.1) is 20.1 Å². The molecule has 138 valence electrons. The summed E-state index contributed by atoms with van der Waals surface area (Å²) in [7, 11) is 0. The number of carbonyl (C=O) groups excluding carboxylic acids is 1. The first-order valence-electron chi connectivity index (χ1n) is 8.05. The summed E-state index contributed by atoms with van der Waals surface area (Å²) in [5, 5.41) is 5.63. The number of amides is 1. The van der Waals surface area contributed by atoms with Crippen LogP contribution >= 0.6 is 11.3 Å². The number of nitrogens with one attached hydrogen (secondary N) is 1. The number of ether oxygens (including phenoxy) is 2. The fourth-order valence-corrected chi connectivity index (χ4v) is 3.60. The van der Waals surface area contributed by atoms with Crippen molar-refractivity contribution in [3.8, 4) is 11.5 Å². The van der Waals surface area contributed by atoms with Crippen molar-refractivity contribution in [3.63, 3.8) is 0 Å². The molecule has 4 rings (SSSR count). The Hall–Kier alpha value is -2.46. The van der Waals surface area contributed by atoms with Gasteiger partial charge in [0, 0.05) is 49.5 Å². The fraction of sp³-hybridized carbons (Fsp3) is 0.375. The zero-order valence-corrected chi connectivity index (χ0v) is 14.5. The van der Waals surface area contributed by atoms with Crippen molar-refractivity contribution in [2.75, 3.05) is 42.9 Å². The van der Waals surface area contributed by atoms with E-state index >= 15 is 0 Å². The summed E-state index contributed by atoms with van der Waals surface area (Å²) < 4.78 is 34.8. The van der Waals surface area contributed by atoms with Gasteiger partial charge in [-0.1, -0.05) is 0 Å². The maximum Gasteiger partial charge on any atom is 0.586 e. The van der Waals surface area contributed by atoms with Gasteiger partial charge in [0.1, 0.15) is 0 Å². The van der Waals surface area contributed by atoms with Gasteiger partial charge in [0.05, 0.1) is 6.54 Å². The molecule has 2 aliphatic heterocycles. The molecule has 0 aliphatic carbocycles. The molecule has 0 bridgehead atoms. The summed E-state index contributed by atoms with van der Waals surface area (Å²) in [4.78, 5) is 20.7. The van der Waals surface area contributed by atoms with Gasteiger partial charge in [-0.05, 0) is 12.1 Å². The molecule has 1 N–H and O–H groups in total. The minimum atomic E-state index is -3.66. The number of carbonyl (C=O) groups is 1. The van der Waals surface area contributed by atoms with Crippen LogP contribution in [0.2, 0.25) is 0 Å². The first kappa shape index (κ1) is 17.0. The summed E-state index contributed by atoms with van der Waals surface area (Å²) in [6, 6.07) is 4.18. The largest absolute Gasteiger partial charge is 0.586 e. The number of halogens is 2. The van der Waals surface area contributed by atoms with Crippen molar-refractivity contribution in [3.05, 3.63) is 29.8 Å². The van der Waals surface area contributed by atoms with Crippen molar-refractivity contribution in [1.29, 1.82) is 0 Å². The number of hydrogen-bond acceptors (Lipinski definition) is 7. The second-order valence-electron chi connectivity index (χ2n) is 5.96. The van der Waals surface area contributed by atoms with Crippen LogP contribution in [0.3, 0.4) is 0 Å². The van der Waals surface area contributed by atoms with Crippen LogP contribution < -0.4 is 19.7 Å². The second kappa shape index (κ2) is 6.69. The number of aromatic nitrogens is 1. The Morgan fingerprint density at radius 3 is 2.73 bits per heavy atom. The van der Waals surface area contributed by atoms with E-state index in [1.54, 1.807) is 17.5 Å². The summed E-state index contributed by atoms with van der Waals surface area (Å²) >= 11 is 1.60. The molecule has 0 unspecified atom stereocenters.